The van der Waals surface area contributed by atoms with Gasteiger partial charge in [0.1, 0.15) is 5.75 Å². The molecule has 14 heavy (non-hydrogen) atoms. The van der Waals surface area contributed by atoms with Gasteiger partial charge in [-0.2, -0.15) is 0 Å². The summed E-state index contributed by atoms with van der Waals surface area (Å²) in [4.78, 5) is 0. The van der Waals surface area contributed by atoms with Gasteiger partial charge in [-0.05, 0) is 43.2 Å². The number of benzene rings is 1. The van der Waals surface area contributed by atoms with Gasteiger partial charge in [0, 0.05) is 0 Å². The van der Waals surface area contributed by atoms with E-state index in [1.54, 1.807) is 0 Å². The summed E-state index contributed by atoms with van der Waals surface area (Å²) >= 11 is 0. The maximum Gasteiger partial charge on any atom is 0.119 e. The van der Waals surface area contributed by atoms with Gasteiger partial charge < -0.3 is 10.5 Å². The van der Waals surface area contributed by atoms with Crippen molar-refractivity contribution in [2.45, 2.75) is 13.3 Å². The molecule has 0 bridgehead atoms. The summed E-state index contributed by atoms with van der Waals surface area (Å²) in [6.07, 6.45) is 0.841. The molecule has 2 heteroatoms. The molecule has 0 unspecified atom stereocenters. The highest BCUT2D eigenvalue weighted by atomic mass is 16.5. The molecule has 76 valence electrons. The molecule has 2 N–H and O–H groups in total. The first-order valence-corrected chi connectivity index (χ1v) is 4.89. The zero-order valence-electron chi connectivity index (χ0n) is 8.62. The lowest BCUT2D eigenvalue weighted by molar-refractivity contribution is 0.340. The number of hydrogen-bond donors (Lipinski definition) is 1. The monoisotopic (exact) mass is 191 g/mol. The lowest BCUT2D eigenvalue weighted by atomic mass is 10.0. The van der Waals surface area contributed by atoms with E-state index in [0.29, 0.717) is 13.2 Å². The lowest BCUT2D eigenvalue weighted by Gasteiger charge is -2.06. The fourth-order valence-corrected chi connectivity index (χ4v) is 1.27. The molecule has 1 aromatic carbocycles. The Morgan fingerprint density at radius 1 is 1.36 bits per heavy atom. The number of rotatable bonds is 5. The molecule has 0 saturated heterocycles. The predicted octanol–water partition coefficient (Wildman–Crippen LogP) is 2.45. The Morgan fingerprint density at radius 3 is 2.50 bits per heavy atom. The molecule has 0 aliphatic heterocycles. The molecule has 0 radical (unpaired) electrons. The fraction of sp³-hybridized carbons (Fsp3) is 0.333. The molecule has 0 aliphatic carbocycles. The standard InChI is InChI=1S/C12H17NO/c1-3-14-12-6-4-11(5-7-12)10(2)8-9-13/h4-7H,2-3,8-9,13H2,1H3. The zero-order valence-corrected chi connectivity index (χ0v) is 8.62. The molecular formula is C12H17NO. The summed E-state index contributed by atoms with van der Waals surface area (Å²) in [5.74, 6) is 0.900. The van der Waals surface area contributed by atoms with Crippen LogP contribution in [0.3, 0.4) is 0 Å². The first kappa shape index (κ1) is 10.8. The minimum absolute atomic E-state index is 0.645. The molecular weight excluding hydrogens is 174 g/mol. The van der Waals surface area contributed by atoms with Crippen molar-refractivity contribution in [3.8, 4) is 5.75 Å². The van der Waals surface area contributed by atoms with Crippen LogP contribution in [0.1, 0.15) is 18.9 Å². The van der Waals surface area contributed by atoms with Crippen LogP contribution in [0.2, 0.25) is 0 Å². The van der Waals surface area contributed by atoms with E-state index in [0.717, 1.165) is 23.3 Å². The van der Waals surface area contributed by atoms with E-state index >= 15 is 0 Å². The second kappa shape index (κ2) is 5.45. The number of hydrogen-bond acceptors (Lipinski definition) is 2. The van der Waals surface area contributed by atoms with Gasteiger partial charge in [-0.1, -0.05) is 18.7 Å². The van der Waals surface area contributed by atoms with Gasteiger partial charge in [-0.25, -0.2) is 0 Å². The third-order valence-corrected chi connectivity index (χ3v) is 2.02. The van der Waals surface area contributed by atoms with Crippen LogP contribution >= 0.6 is 0 Å². The van der Waals surface area contributed by atoms with Crippen molar-refractivity contribution in [1.29, 1.82) is 0 Å². The Kier molecular flexibility index (Phi) is 4.20. The van der Waals surface area contributed by atoms with Crippen molar-refractivity contribution in [1.82, 2.24) is 0 Å². The van der Waals surface area contributed by atoms with Crippen molar-refractivity contribution in [3.05, 3.63) is 36.4 Å². The highest BCUT2D eigenvalue weighted by molar-refractivity contribution is 5.63. The maximum absolute atomic E-state index is 5.46. The van der Waals surface area contributed by atoms with Gasteiger partial charge in [0.05, 0.1) is 6.61 Å². The molecule has 1 rings (SSSR count). The van der Waals surface area contributed by atoms with E-state index in [9.17, 15) is 0 Å². The quantitative estimate of drug-likeness (QED) is 0.775. The van der Waals surface area contributed by atoms with Crippen molar-refractivity contribution >= 4 is 5.57 Å². The van der Waals surface area contributed by atoms with Crippen LogP contribution in [0.4, 0.5) is 0 Å². The predicted molar refractivity (Wildman–Crippen MR) is 60.3 cm³/mol. The van der Waals surface area contributed by atoms with Crippen LogP contribution in [0.15, 0.2) is 30.8 Å². The summed E-state index contributed by atoms with van der Waals surface area (Å²) in [5.41, 5.74) is 7.68. The summed E-state index contributed by atoms with van der Waals surface area (Å²) in [6, 6.07) is 7.95. The minimum atomic E-state index is 0.645. The number of ether oxygens (including phenoxy) is 1. The minimum Gasteiger partial charge on any atom is -0.494 e. The van der Waals surface area contributed by atoms with Crippen molar-refractivity contribution in [2.75, 3.05) is 13.2 Å². The van der Waals surface area contributed by atoms with Gasteiger partial charge >= 0.3 is 0 Å². The third-order valence-electron chi connectivity index (χ3n) is 2.02. The SMILES string of the molecule is C=C(CCN)c1ccc(OCC)cc1. The summed E-state index contributed by atoms with van der Waals surface area (Å²) in [6.45, 7) is 7.29. The smallest absolute Gasteiger partial charge is 0.119 e. The average Bonchev–Trinajstić information content (AvgIpc) is 2.20. The zero-order chi connectivity index (χ0) is 10.4. The third kappa shape index (κ3) is 2.89. The van der Waals surface area contributed by atoms with Gasteiger partial charge in [0.15, 0.2) is 0 Å². The van der Waals surface area contributed by atoms with E-state index in [1.165, 1.54) is 0 Å². The van der Waals surface area contributed by atoms with Crippen molar-refractivity contribution in [3.63, 3.8) is 0 Å². The largest absolute Gasteiger partial charge is 0.494 e. The highest BCUT2D eigenvalue weighted by Crippen LogP contribution is 2.19. The molecule has 0 aromatic heterocycles. The van der Waals surface area contributed by atoms with Crippen LogP contribution in [0.5, 0.6) is 5.75 Å². The van der Waals surface area contributed by atoms with Crippen LogP contribution in [-0.2, 0) is 0 Å². The normalized spacial score (nSPS) is 9.86. The van der Waals surface area contributed by atoms with Crippen LogP contribution in [0, 0.1) is 0 Å². The Bertz CT molecular complexity index is 290. The number of nitrogens with two attached hydrogens (primary N) is 1. The molecule has 0 saturated carbocycles. The topological polar surface area (TPSA) is 35.2 Å². The summed E-state index contributed by atoms with van der Waals surface area (Å²) in [5, 5.41) is 0. The average molecular weight is 191 g/mol. The fourth-order valence-electron chi connectivity index (χ4n) is 1.27. The molecule has 0 atom stereocenters. The molecule has 1 aromatic rings. The van der Waals surface area contributed by atoms with E-state index < -0.39 is 0 Å². The first-order chi connectivity index (χ1) is 6.77. The van der Waals surface area contributed by atoms with E-state index in [4.69, 9.17) is 10.5 Å². The van der Waals surface area contributed by atoms with E-state index in [-0.39, 0.29) is 0 Å². The van der Waals surface area contributed by atoms with Crippen LogP contribution in [-0.4, -0.2) is 13.2 Å². The first-order valence-electron chi connectivity index (χ1n) is 4.89. The maximum atomic E-state index is 5.46. The second-order valence-electron chi connectivity index (χ2n) is 3.10. The summed E-state index contributed by atoms with van der Waals surface area (Å²) in [7, 11) is 0. The Hall–Kier alpha value is -1.28. The van der Waals surface area contributed by atoms with Crippen molar-refractivity contribution < 1.29 is 4.74 Å². The van der Waals surface area contributed by atoms with Gasteiger partial charge in [-0.15, -0.1) is 0 Å². The molecule has 0 aliphatic rings. The highest BCUT2D eigenvalue weighted by Gasteiger charge is 1.98. The Morgan fingerprint density at radius 2 is 2.00 bits per heavy atom. The van der Waals surface area contributed by atoms with E-state index in [2.05, 4.69) is 6.58 Å². The molecule has 0 spiro atoms. The van der Waals surface area contributed by atoms with E-state index in [1.807, 2.05) is 31.2 Å². The lowest BCUT2D eigenvalue weighted by Crippen LogP contribution is -1.99. The van der Waals surface area contributed by atoms with Crippen LogP contribution < -0.4 is 10.5 Å². The summed E-state index contributed by atoms with van der Waals surface area (Å²) < 4.78 is 5.35. The molecule has 0 heterocycles. The Labute approximate surface area is 85.4 Å². The van der Waals surface area contributed by atoms with Gasteiger partial charge in [0.25, 0.3) is 0 Å². The van der Waals surface area contributed by atoms with Gasteiger partial charge in [-0.3, -0.25) is 0 Å². The molecule has 0 fully saturated rings. The van der Waals surface area contributed by atoms with Gasteiger partial charge in [0.2, 0.25) is 0 Å². The van der Waals surface area contributed by atoms with Crippen molar-refractivity contribution in [2.24, 2.45) is 5.73 Å². The second-order valence-corrected chi connectivity index (χ2v) is 3.10. The molecule has 2 nitrogen and oxygen atoms in total. The van der Waals surface area contributed by atoms with Crippen LogP contribution in [0.25, 0.3) is 5.57 Å². The Balaban J connectivity index is 2.67. The molecule has 0 amide bonds.